The summed E-state index contributed by atoms with van der Waals surface area (Å²) in [4.78, 5) is 4.41. The monoisotopic (exact) mass is 242 g/mol. The van der Waals surface area contributed by atoms with Crippen molar-refractivity contribution in [1.29, 1.82) is 5.26 Å². The van der Waals surface area contributed by atoms with Crippen LogP contribution in [0.2, 0.25) is 5.15 Å². The molecular weight excluding hydrogens is 232 g/mol. The van der Waals surface area contributed by atoms with Gasteiger partial charge in [0, 0.05) is 0 Å². The van der Waals surface area contributed by atoms with E-state index in [1.807, 2.05) is 6.07 Å². The Balaban J connectivity index is 1.90. The van der Waals surface area contributed by atoms with Gasteiger partial charge in [0.2, 0.25) is 0 Å². The van der Waals surface area contributed by atoms with E-state index in [4.69, 9.17) is 21.6 Å². The molecule has 0 aromatic carbocycles. The summed E-state index contributed by atoms with van der Waals surface area (Å²) < 4.78 is 5.53. The molecule has 1 aliphatic rings. The van der Waals surface area contributed by atoms with Crippen molar-refractivity contribution in [2.45, 2.75) is 25.7 Å². The van der Waals surface area contributed by atoms with Crippen LogP contribution < -0.4 is 4.74 Å². The second-order valence-electron chi connectivity index (χ2n) is 3.67. The molecule has 1 saturated carbocycles. The van der Waals surface area contributed by atoms with E-state index >= 15 is 0 Å². The first kappa shape index (κ1) is 10.7. The van der Waals surface area contributed by atoms with Gasteiger partial charge in [-0.15, -0.1) is 0 Å². The van der Waals surface area contributed by atoms with E-state index in [0.29, 0.717) is 22.6 Å². The Morgan fingerprint density at radius 1 is 1.53 bits per heavy atom. The van der Waals surface area contributed by atoms with Crippen LogP contribution in [0.15, 0.2) is 0 Å². The molecule has 0 saturated heterocycles. The zero-order chi connectivity index (χ0) is 10.7. The van der Waals surface area contributed by atoms with Crippen LogP contribution >= 0.6 is 22.9 Å². The lowest BCUT2D eigenvalue weighted by molar-refractivity contribution is 0.251. The molecule has 1 heterocycles. The summed E-state index contributed by atoms with van der Waals surface area (Å²) in [5, 5.41) is 9.46. The third kappa shape index (κ3) is 2.61. The molecule has 5 heteroatoms. The highest BCUT2D eigenvalue weighted by Crippen LogP contribution is 2.30. The van der Waals surface area contributed by atoms with E-state index in [2.05, 4.69) is 4.98 Å². The van der Waals surface area contributed by atoms with Crippen LogP contribution in [0.4, 0.5) is 0 Å². The van der Waals surface area contributed by atoms with Crippen molar-refractivity contribution in [2.24, 2.45) is 5.92 Å². The van der Waals surface area contributed by atoms with E-state index in [-0.39, 0.29) is 5.15 Å². The fourth-order valence-electron chi connectivity index (χ4n) is 1.78. The highest BCUT2D eigenvalue weighted by molar-refractivity contribution is 7.14. The van der Waals surface area contributed by atoms with Gasteiger partial charge in [-0.1, -0.05) is 35.8 Å². The van der Waals surface area contributed by atoms with E-state index in [0.717, 1.165) is 0 Å². The molecule has 0 bridgehead atoms. The van der Waals surface area contributed by atoms with Crippen LogP contribution in [-0.4, -0.2) is 11.6 Å². The van der Waals surface area contributed by atoms with Crippen molar-refractivity contribution >= 4 is 22.9 Å². The Kier molecular flexibility index (Phi) is 3.45. The maximum atomic E-state index is 8.69. The lowest BCUT2D eigenvalue weighted by Crippen LogP contribution is -2.07. The Hall–Kier alpha value is -0.790. The van der Waals surface area contributed by atoms with E-state index in [9.17, 15) is 0 Å². The van der Waals surface area contributed by atoms with Gasteiger partial charge in [0.15, 0.2) is 5.15 Å². The molecule has 3 nitrogen and oxygen atoms in total. The first-order valence-corrected chi connectivity index (χ1v) is 6.18. The van der Waals surface area contributed by atoms with E-state index in [1.165, 1.54) is 37.0 Å². The molecule has 1 fully saturated rings. The zero-order valence-corrected chi connectivity index (χ0v) is 9.77. The SMILES string of the molecule is N#Cc1sc(OCC2CCCC2)nc1Cl. The molecule has 1 aromatic rings. The molecule has 0 aliphatic heterocycles. The summed E-state index contributed by atoms with van der Waals surface area (Å²) >= 11 is 6.95. The predicted octanol–water partition coefficient (Wildman–Crippen LogP) is 3.24. The quantitative estimate of drug-likeness (QED) is 0.818. The van der Waals surface area contributed by atoms with Crippen molar-refractivity contribution in [3.05, 3.63) is 10.0 Å². The molecular formula is C10H11ClN2OS. The molecule has 0 amide bonds. The Labute approximate surface area is 97.6 Å². The number of hydrogen-bond donors (Lipinski definition) is 0. The molecule has 1 aliphatic carbocycles. The van der Waals surface area contributed by atoms with Crippen molar-refractivity contribution in [3.8, 4) is 11.3 Å². The summed E-state index contributed by atoms with van der Waals surface area (Å²) in [6.07, 6.45) is 5.08. The molecule has 2 rings (SSSR count). The minimum atomic E-state index is 0.254. The van der Waals surface area contributed by atoms with E-state index in [1.54, 1.807) is 0 Å². The maximum Gasteiger partial charge on any atom is 0.275 e. The van der Waals surface area contributed by atoms with Crippen LogP contribution in [0.25, 0.3) is 0 Å². The smallest absolute Gasteiger partial charge is 0.275 e. The highest BCUT2D eigenvalue weighted by Gasteiger charge is 2.17. The van der Waals surface area contributed by atoms with Crippen LogP contribution in [0.3, 0.4) is 0 Å². The van der Waals surface area contributed by atoms with Gasteiger partial charge >= 0.3 is 0 Å². The molecule has 0 N–H and O–H groups in total. The Morgan fingerprint density at radius 2 is 2.27 bits per heavy atom. The number of hydrogen-bond acceptors (Lipinski definition) is 4. The molecule has 0 unspecified atom stereocenters. The van der Waals surface area contributed by atoms with Crippen LogP contribution in [0, 0.1) is 17.2 Å². The maximum absolute atomic E-state index is 8.69. The van der Waals surface area contributed by atoms with Gasteiger partial charge in [-0.2, -0.15) is 10.2 Å². The third-order valence-electron chi connectivity index (χ3n) is 2.58. The summed E-state index contributed by atoms with van der Waals surface area (Å²) in [5.41, 5.74) is 0. The molecule has 1 aromatic heterocycles. The second kappa shape index (κ2) is 4.82. The molecule has 80 valence electrons. The number of nitriles is 1. The average Bonchev–Trinajstić information content (AvgIpc) is 2.83. The average molecular weight is 243 g/mol. The van der Waals surface area contributed by atoms with Gasteiger partial charge in [0.05, 0.1) is 6.61 Å². The van der Waals surface area contributed by atoms with Gasteiger partial charge in [0.25, 0.3) is 5.19 Å². The molecule has 0 atom stereocenters. The van der Waals surface area contributed by atoms with Crippen molar-refractivity contribution in [2.75, 3.05) is 6.61 Å². The summed E-state index contributed by atoms with van der Waals surface area (Å²) in [5.74, 6) is 0.651. The molecule has 0 spiro atoms. The Bertz CT molecular complexity index is 379. The Morgan fingerprint density at radius 3 is 2.87 bits per heavy atom. The van der Waals surface area contributed by atoms with E-state index < -0.39 is 0 Å². The molecule has 0 radical (unpaired) electrons. The minimum absolute atomic E-state index is 0.254. The second-order valence-corrected chi connectivity index (χ2v) is 4.99. The van der Waals surface area contributed by atoms with Gasteiger partial charge in [0.1, 0.15) is 10.9 Å². The lowest BCUT2D eigenvalue weighted by atomic mass is 10.1. The first-order valence-electron chi connectivity index (χ1n) is 4.99. The van der Waals surface area contributed by atoms with Crippen LogP contribution in [0.5, 0.6) is 5.19 Å². The van der Waals surface area contributed by atoms with Crippen LogP contribution in [0.1, 0.15) is 30.6 Å². The highest BCUT2D eigenvalue weighted by atomic mass is 35.5. The molecule has 15 heavy (non-hydrogen) atoms. The summed E-state index contributed by atoms with van der Waals surface area (Å²) in [6, 6.07) is 1.99. The zero-order valence-electron chi connectivity index (χ0n) is 8.20. The predicted molar refractivity (Wildman–Crippen MR) is 59.3 cm³/mol. The number of ether oxygens (including phenoxy) is 1. The standard InChI is InChI=1S/C10H11ClN2OS/c11-9-8(5-12)15-10(13-9)14-6-7-3-1-2-4-7/h7H,1-4,6H2. The van der Waals surface area contributed by atoms with Gasteiger partial charge in [-0.05, 0) is 18.8 Å². The number of aromatic nitrogens is 1. The van der Waals surface area contributed by atoms with Gasteiger partial charge in [-0.3, -0.25) is 0 Å². The fraction of sp³-hybridized carbons (Fsp3) is 0.600. The lowest BCUT2D eigenvalue weighted by Gasteiger charge is -2.07. The summed E-state index contributed by atoms with van der Waals surface area (Å²) in [7, 11) is 0. The summed E-state index contributed by atoms with van der Waals surface area (Å²) in [6.45, 7) is 0.703. The van der Waals surface area contributed by atoms with Gasteiger partial charge in [-0.25, -0.2) is 0 Å². The normalized spacial score (nSPS) is 16.5. The largest absolute Gasteiger partial charge is 0.470 e. The first-order chi connectivity index (χ1) is 7.29. The fourth-order valence-corrected chi connectivity index (χ4v) is 2.68. The van der Waals surface area contributed by atoms with Crippen molar-refractivity contribution in [3.63, 3.8) is 0 Å². The van der Waals surface area contributed by atoms with Crippen molar-refractivity contribution in [1.82, 2.24) is 4.98 Å². The van der Waals surface area contributed by atoms with Gasteiger partial charge < -0.3 is 4.74 Å². The van der Waals surface area contributed by atoms with Crippen molar-refractivity contribution < 1.29 is 4.74 Å². The number of thiazole rings is 1. The van der Waals surface area contributed by atoms with Crippen LogP contribution in [-0.2, 0) is 0 Å². The number of nitrogens with zero attached hydrogens (tertiary/aromatic N) is 2. The number of halogens is 1. The third-order valence-corrected chi connectivity index (χ3v) is 3.84. The minimum Gasteiger partial charge on any atom is -0.470 e. The topological polar surface area (TPSA) is 45.9 Å². The number of rotatable bonds is 3.